The van der Waals surface area contributed by atoms with Gasteiger partial charge in [-0.05, 0) is 6.26 Å². The van der Waals surface area contributed by atoms with Gasteiger partial charge in [-0.15, -0.1) is 16.7 Å². The Morgan fingerprint density at radius 2 is 2.60 bits per heavy atom. The van der Waals surface area contributed by atoms with Gasteiger partial charge in [-0.25, -0.2) is 0 Å². The third-order valence-electron chi connectivity index (χ3n) is 0.182. The first-order valence-electron chi connectivity index (χ1n) is 1.20. The summed E-state index contributed by atoms with van der Waals surface area (Å²) < 4.78 is 0. The summed E-state index contributed by atoms with van der Waals surface area (Å²) in [6, 6.07) is 0. The van der Waals surface area contributed by atoms with Gasteiger partial charge < -0.3 is 0 Å². The van der Waals surface area contributed by atoms with Crippen molar-refractivity contribution in [3.05, 3.63) is 4.91 Å². The first-order valence-corrected chi connectivity index (χ1v) is 2.59. The first kappa shape index (κ1) is 4.95. The molecule has 0 rings (SSSR count). The van der Waals surface area contributed by atoms with E-state index < -0.39 is 0 Å². The lowest BCUT2D eigenvalue weighted by Crippen LogP contribution is -1.57. The molecule has 0 radical (unpaired) electrons. The van der Waals surface area contributed by atoms with Crippen molar-refractivity contribution in [3.63, 3.8) is 0 Å². The molecule has 0 amide bonds. The molecule has 0 heterocycles. The van der Waals surface area contributed by atoms with Gasteiger partial charge in [0.05, 0.1) is 0 Å². The fourth-order valence-electron chi connectivity index (χ4n) is 0.0527. The van der Waals surface area contributed by atoms with Gasteiger partial charge in [-0.2, -0.15) is 0 Å². The van der Waals surface area contributed by atoms with Crippen LogP contribution in [0.2, 0.25) is 0 Å². The third-order valence-corrected chi connectivity index (χ3v) is 0.545. The van der Waals surface area contributed by atoms with Gasteiger partial charge in [0.1, 0.15) is 5.88 Å². The minimum Gasteiger partial charge on any atom is -0.150 e. The summed E-state index contributed by atoms with van der Waals surface area (Å²) in [6.45, 7) is 0. The van der Waals surface area contributed by atoms with Crippen LogP contribution in [0.4, 0.5) is 0 Å². The molecular formula is C2H5NOS. The van der Waals surface area contributed by atoms with E-state index in [1.165, 1.54) is 11.8 Å². The zero-order valence-electron chi connectivity index (χ0n) is 2.97. The lowest BCUT2D eigenvalue weighted by molar-refractivity contribution is 1.36. The Hall–Kier alpha value is -0.0500. The van der Waals surface area contributed by atoms with Crippen LogP contribution >= 0.6 is 11.8 Å². The fraction of sp³-hybridized carbons (Fsp3) is 1.00. The van der Waals surface area contributed by atoms with E-state index in [9.17, 15) is 0 Å². The van der Waals surface area contributed by atoms with E-state index >= 15 is 0 Å². The van der Waals surface area contributed by atoms with E-state index in [-0.39, 0.29) is 0 Å². The van der Waals surface area contributed by atoms with Gasteiger partial charge in [0.2, 0.25) is 0 Å². The monoisotopic (exact) mass is 91.0 g/mol. The molecule has 0 saturated carbocycles. The summed E-state index contributed by atoms with van der Waals surface area (Å²) in [5, 5.41) is 2.57. The Morgan fingerprint density at radius 1 is 2.00 bits per heavy atom. The molecule has 0 aliphatic carbocycles. The zero-order chi connectivity index (χ0) is 4.12. The molecule has 0 saturated heterocycles. The smallest absolute Gasteiger partial charge is 0.126 e. The van der Waals surface area contributed by atoms with Crippen molar-refractivity contribution in [1.29, 1.82) is 0 Å². The number of hydrogen-bond donors (Lipinski definition) is 0. The molecule has 0 bridgehead atoms. The standard InChI is InChI=1S/C2H5NOS/c1-5-2-3-4/h2H2,1H3. The van der Waals surface area contributed by atoms with Crippen molar-refractivity contribution in [1.82, 2.24) is 0 Å². The topological polar surface area (TPSA) is 29.4 Å². The molecule has 0 aliphatic heterocycles. The Morgan fingerprint density at radius 3 is 2.60 bits per heavy atom. The van der Waals surface area contributed by atoms with Crippen LogP contribution in [0.25, 0.3) is 0 Å². The average Bonchev–Trinajstić information content (AvgIpc) is 1.41. The lowest BCUT2D eigenvalue weighted by atomic mass is 11.5. The molecule has 0 fully saturated rings. The second-order valence-corrected chi connectivity index (χ2v) is 1.38. The predicted molar refractivity (Wildman–Crippen MR) is 24.2 cm³/mol. The van der Waals surface area contributed by atoms with Crippen molar-refractivity contribution < 1.29 is 0 Å². The number of thioether (sulfide) groups is 1. The first-order chi connectivity index (χ1) is 2.41. The summed E-state index contributed by atoms with van der Waals surface area (Å²) in [4.78, 5) is 9.13. The quantitative estimate of drug-likeness (QED) is 0.476. The van der Waals surface area contributed by atoms with Gasteiger partial charge in [-0.1, -0.05) is 5.18 Å². The molecule has 2 nitrogen and oxygen atoms in total. The minimum atomic E-state index is 0.375. The van der Waals surface area contributed by atoms with E-state index in [1.807, 2.05) is 6.26 Å². The SMILES string of the molecule is CSCN=O. The van der Waals surface area contributed by atoms with Gasteiger partial charge >= 0.3 is 0 Å². The van der Waals surface area contributed by atoms with Crippen LogP contribution in [-0.2, 0) is 0 Å². The van der Waals surface area contributed by atoms with Crippen LogP contribution < -0.4 is 0 Å². The van der Waals surface area contributed by atoms with Crippen LogP contribution in [0.15, 0.2) is 5.18 Å². The second kappa shape index (κ2) is 3.95. The molecule has 30 valence electrons. The van der Waals surface area contributed by atoms with E-state index in [0.29, 0.717) is 5.88 Å². The molecule has 0 aromatic heterocycles. The zero-order valence-corrected chi connectivity index (χ0v) is 3.79. The van der Waals surface area contributed by atoms with Crippen LogP contribution in [0, 0.1) is 4.91 Å². The van der Waals surface area contributed by atoms with Crippen molar-refractivity contribution >= 4 is 11.8 Å². The van der Waals surface area contributed by atoms with Gasteiger partial charge in [0.15, 0.2) is 0 Å². The number of rotatable bonds is 2. The van der Waals surface area contributed by atoms with E-state index in [1.54, 1.807) is 0 Å². The summed E-state index contributed by atoms with van der Waals surface area (Å²) in [7, 11) is 0. The molecule has 0 spiro atoms. The van der Waals surface area contributed by atoms with Crippen LogP contribution in [0.3, 0.4) is 0 Å². The summed E-state index contributed by atoms with van der Waals surface area (Å²) in [5.74, 6) is 0.375. The molecule has 0 aromatic carbocycles. The number of nitrogens with zero attached hydrogens (tertiary/aromatic N) is 1. The minimum absolute atomic E-state index is 0.375. The summed E-state index contributed by atoms with van der Waals surface area (Å²) in [5.41, 5.74) is 0. The highest BCUT2D eigenvalue weighted by atomic mass is 32.2. The number of nitroso groups, excluding NO2 is 1. The Balaban J connectivity index is 2.40. The van der Waals surface area contributed by atoms with Gasteiger partial charge in [0.25, 0.3) is 0 Å². The van der Waals surface area contributed by atoms with Crippen LogP contribution in [0.1, 0.15) is 0 Å². The highest BCUT2D eigenvalue weighted by molar-refractivity contribution is 7.98. The van der Waals surface area contributed by atoms with E-state index in [4.69, 9.17) is 4.91 Å². The van der Waals surface area contributed by atoms with Gasteiger partial charge in [0, 0.05) is 0 Å². The van der Waals surface area contributed by atoms with Crippen LogP contribution in [-0.4, -0.2) is 12.1 Å². The van der Waals surface area contributed by atoms with Crippen molar-refractivity contribution in [2.45, 2.75) is 0 Å². The molecule has 0 unspecified atom stereocenters. The second-order valence-electron chi connectivity index (χ2n) is 0.547. The molecule has 5 heavy (non-hydrogen) atoms. The largest absolute Gasteiger partial charge is 0.150 e. The highest BCUT2D eigenvalue weighted by Crippen LogP contribution is 1.87. The fourth-order valence-corrected chi connectivity index (χ4v) is 0.158. The molecule has 3 heteroatoms. The Bertz CT molecular complexity index is 30.8. The molecule has 0 N–H and O–H groups in total. The van der Waals surface area contributed by atoms with E-state index in [0.717, 1.165) is 0 Å². The summed E-state index contributed by atoms with van der Waals surface area (Å²) in [6.07, 6.45) is 1.83. The van der Waals surface area contributed by atoms with Crippen molar-refractivity contribution in [2.24, 2.45) is 5.18 Å². The molecular weight excluding hydrogens is 86.1 g/mol. The van der Waals surface area contributed by atoms with Crippen molar-refractivity contribution in [3.8, 4) is 0 Å². The normalized spacial score (nSPS) is 7.40. The lowest BCUT2D eigenvalue weighted by Gasteiger charge is -1.69. The Kier molecular flexibility index (Phi) is 3.91. The molecule has 0 aromatic rings. The average molecular weight is 91.1 g/mol. The van der Waals surface area contributed by atoms with E-state index in [2.05, 4.69) is 5.18 Å². The maximum absolute atomic E-state index is 9.13. The van der Waals surface area contributed by atoms with Crippen molar-refractivity contribution in [2.75, 3.05) is 12.1 Å². The van der Waals surface area contributed by atoms with Gasteiger partial charge in [-0.3, -0.25) is 0 Å². The molecule has 0 atom stereocenters. The number of hydrogen-bond acceptors (Lipinski definition) is 3. The van der Waals surface area contributed by atoms with Crippen LogP contribution in [0.5, 0.6) is 0 Å². The maximum atomic E-state index is 9.13. The predicted octanol–water partition coefficient (Wildman–Crippen LogP) is 1.07. The summed E-state index contributed by atoms with van der Waals surface area (Å²) >= 11 is 1.42. The highest BCUT2D eigenvalue weighted by Gasteiger charge is 1.66. The Labute approximate surface area is 34.9 Å². The maximum Gasteiger partial charge on any atom is 0.126 e. The molecule has 0 aliphatic rings. The third kappa shape index (κ3) is 3.95.